The number of hydrogen-bond acceptors (Lipinski definition) is 7. The lowest BCUT2D eigenvalue weighted by molar-refractivity contribution is -0.312. The standard InChI is InChI=1S/C30H23Cl2F5N4O5/c1-40(21-11-16(31)7-8-17(21)30(35,36)37)28(43)27-25(42)24(26-22(45-27)13-44-29(46-26)14-5-3-2-4-6-14)41-12-20(38-39-41)15-9-18(33)23(32)19(34)10-15/h2-12,22,24-27,29,42H,13H2,1H3. The van der Waals surface area contributed by atoms with Gasteiger partial charge in [-0.15, -0.1) is 5.10 Å². The van der Waals surface area contributed by atoms with Gasteiger partial charge in [0.15, 0.2) is 12.4 Å². The number of benzene rings is 3. The van der Waals surface area contributed by atoms with Gasteiger partial charge in [-0.3, -0.25) is 4.79 Å². The minimum Gasteiger partial charge on any atom is -0.387 e. The highest BCUT2D eigenvalue weighted by Gasteiger charge is 2.53. The van der Waals surface area contributed by atoms with Crippen molar-refractivity contribution in [2.75, 3.05) is 18.6 Å². The Morgan fingerprint density at radius 2 is 1.74 bits per heavy atom. The van der Waals surface area contributed by atoms with Crippen molar-refractivity contribution in [2.24, 2.45) is 0 Å². The maximum absolute atomic E-state index is 14.2. The summed E-state index contributed by atoms with van der Waals surface area (Å²) in [6.07, 6.45) is -10.0. The molecule has 0 bridgehead atoms. The van der Waals surface area contributed by atoms with E-state index in [0.29, 0.717) is 10.5 Å². The molecule has 1 N–H and O–H groups in total. The summed E-state index contributed by atoms with van der Waals surface area (Å²) < 4.78 is 89.2. The van der Waals surface area contributed by atoms with Gasteiger partial charge in [0, 0.05) is 23.2 Å². The Kier molecular flexibility index (Phi) is 8.78. The van der Waals surface area contributed by atoms with E-state index in [1.54, 1.807) is 30.3 Å². The van der Waals surface area contributed by atoms with E-state index < -0.39 is 76.7 Å². The van der Waals surface area contributed by atoms with E-state index in [0.717, 1.165) is 42.1 Å². The lowest BCUT2D eigenvalue weighted by Gasteiger charge is -2.48. The molecule has 1 amide bonds. The molecule has 16 heteroatoms. The predicted octanol–water partition coefficient (Wildman–Crippen LogP) is 6.00. The van der Waals surface area contributed by atoms with Crippen LogP contribution in [0.2, 0.25) is 10.0 Å². The lowest BCUT2D eigenvalue weighted by atomic mass is 9.90. The van der Waals surface area contributed by atoms with Crippen LogP contribution in [0.1, 0.15) is 23.5 Å². The van der Waals surface area contributed by atoms with Crippen LogP contribution in [0.5, 0.6) is 0 Å². The number of ether oxygens (including phenoxy) is 3. The number of hydrogen-bond donors (Lipinski definition) is 1. The van der Waals surface area contributed by atoms with Gasteiger partial charge in [-0.2, -0.15) is 13.2 Å². The molecule has 2 fully saturated rings. The summed E-state index contributed by atoms with van der Waals surface area (Å²) in [5.74, 6) is -3.11. The molecule has 2 saturated heterocycles. The van der Waals surface area contributed by atoms with E-state index in [9.17, 15) is 31.9 Å². The molecule has 0 aliphatic carbocycles. The highest BCUT2D eigenvalue weighted by Crippen LogP contribution is 2.42. The number of carbonyl (C=O) groups excluding carboxylic acids is 1. The highest BCUT2D eigenvalue weighted by atomic mass is 35.5. The first-order valence-corrected chi connectivity index (χ1v) is 14.5. The smallest absolute Gasteiger partial charge is 0.387 e. The molecule has 2 aliphatic rings. The van der Waals surface area contributed by atoms with Gasteiger partial charge in [-0.25, -0.2) is 13.5 Å². The second kappa shape index (κ2) is 12.5. The third kappa shape index (κ3) is 6.08. The van der Waals surface area contributed by atoms with Crippen molar-refractivity contribution < 1.29 is 46.1 Å². The molecule has 0 radical (unpaired) electrons. The van der Waals surface area contributed by atoms with Crippen LogP contribution in [0, 0.1) is 11.6 Å². The van der Waals surface area contributed by atoms with Crippen molar-refractivity contribution in [3.8, 4) is 11.3 Å². The molecule has 3 heterocycles. The van der Waals surface area contributed by atoms with E-state index in [-0.39, 0.29) is 22.9 Å². The second-order valence-electron chi connectivity index (χ2n) is 10.6. The SMILES string of the molecule is CN(C(=O)C1OC2COC(c3ccccc3)OC2C(n2cc(-c3cc(F)c(Cl)c(F)c3)nn2)C1O)c1cc(Cl)ccc1C(F)(F)F. The van der Waals surface area contributed by atoms with Crippen molar-refractivity contribution in [1.29, 1.82) is 0 Å². The molecule has 6 atom stereocenters. The Morgan fingerprint density at radius 1 is 1.04 bits per heavy atom. The topological polar surface area (TPSA) is 98.9 Å². The Hall–Kier alpha value is -3.66. The van der Waals surface area contributed by atoms with E-state index in [4.69, 9.17) is 37.4 Å². The number of aromatic nitrogens is 3. The van der Waals surface area contributed by atoms with E-state index >= 15 is 0 Å². The number of fused-ring (bicyclic) bond motifs is 1. The Morgan fingerprint density at radius 3 is 2.41 bits per heavy atom. The number of amides is 1. The Bertz CT molecular complexity index is 1740. The molecular weight excluding hydrogens is 662 g/mol. The molecule has 3 aromatic carbocycles. The third-order valence-electron chi connectivity index (χ3n) is 7.74. The van der Waals surface area contributed by atoms with Crippen LogP contribution in [-0.2, 0) is 25.2 Å². The average molecular weight is 685 g/mol. The molecule has 1 aromatic heterocycles. The van der Waals surface area contributed by atoms with E-state index in [2.05, 4.69) is 10.3 Å². The number of nitrogens with zero attached hydrogens (tertiary/aromatic N) is 4. The van der Waals surface area contributed by atoms with Crippen LogP contribution in [0.15, 0.2) is 66.9 Å². The zero-order valence-corrected chi connectivity index (χ0v) is 25.0. The van der Waals surface area contributed by atoms with Crippen molar-refractivity contribution >= 4 is 34.8 Å². The maximum atomic E-state index is 14.2. The summed E-state index contributed by atoms with van der Waals surface area (Å²) in [4.78, 5) is 14.5. The molecule has 46 heavy (non-hydrogen) atoms. The number of carbonyl (C=O) groups is 1. The molecule has 2 aliphatic heterocycles. The molecule has 0 saturated carbocycles. The van der Waals surface area contributed by atoms with Gasteiger partial charge < -0.3 is 24.2 Å². The number of rotatable bonds is 5. The molecule has 242 valence electrons. The van der Waals surface area contributed by atoms with Gasteiger partial charge in [-0.05, 0) is 30.3 Å². The number of alkyl halides is 3. The van der Waals surface area contributed by atoms with Crippen molar-refractivity contribution in [3.63, 3.8) is 0 Å². The molecule has 6 rings (SSSR count). The first-order valence-electron chi connectivity index (χ1n) is 13.7. The maximum Gasteiger partial charge on any atom is 0.418 e. The third-order valence-corrected chi connectivity index (χ3v) is 8.34. The minimum atomic E-state index is -4.83. The summed E-state index contributed by atoms with van der Waals surface area (Å²) >= 11 is 11.6. The first-order chi connectivity index (χ1) is 21.8. The average Bonchev–Trinajstić information content (AvgIpc) is 3.52. The summed E-state index contributed by atoms with van der Waals surface area (Å²) in [7, 11) is 1.09. The summed E-state index contributed by atoms with van der Waals surface area (Å²) in [6, 6.07) is 12.2. The molecule has 9 nitrogen and oxygen atoms in total. The highest BCUT2D eigenvalue weighted by molar-refractivity contribution is 6.31. The van der Waals surface area contributed by atoms with Gasteiger partial charge >= 0.3 is 6.18 Å². The zero-order valence-electron chi connectivity index (χ0n) is 23.5. The molecular formula is C30H23Cl2F5N4O5. The lowest BCUT2D eigenvalue weighted by Crippen LogP contribution is -2.62. The number of likely N-dealkylation sites (N-methyl/N-ethyl adjacent to an activating group) is 1. The van der Waals surface area contributed by atoms with Crippen LogP contribution in [-0.4, -0.2) is 64.1 Å². The fraction of sp³-hybridized carbons (Fsp3) is 0.300. The Balaban J connectivity index is 1.37. The van der Waals surface area contributed by atoms with E-state index in [1.165, 1.54) is 6.20 Å². The Labute approximate surface area is 268 Å². The number of aliphatic hydroxyl groups excluding tert-OH is 1. The molecule has 4 aromatic rings. The normalized spacial score (nSPS) is 24.8. The van der Waals surface area contributed by atoms with Crippen LogP contribution >= 0.6 is 23.2 Å². The molecule has 0 spiro atoms. The molecule has 6 unspecified atom stereocenters. The second-order valence-corrected chi connectivity index (χ2v) is 11.5. The fourth-order valence-corrected chi connectivity index (χ4v) is 5.77. The first kappa shape index (κ1) is 32.3. The monoisotopic (exact) mass is 684 g/mol. The number of anilines is 1. The minimum absolute atomic E-state index is 0.00915. The van der Waals surface area contributed by atoms with Crippen LogP contribution in [0.4, 0.5) is 27.6 Å². The van der Waals surface area contributed by atoms with Crippen molar-refractivity contribution in [1.82, 2.24) is 15.0 Å². The summed E-state index contributed by atoms with van der Waals surface area (Å²) in [6.45, 7) is -0.138. The van der Waals surface area contributed by atoms with E-state index in [1.807, 2.05) is 0 Å². The number of halogens is 7. The van der Waals surface area contributed by atoms with Crippen LogP contribution in [0.25, 0.3) is 11.3 Å². The predicted molar refractivity (Wildman–Crippen MR) is 154 cm³/mol. The fourth-order valence-electron chi connectivity index (χ4n) is 5.49. The van der Waals surface area contributed by atoms with Crippen LogP contribution in [0.3, 0.4) is 0 Å². The van der Waals surface area contributed by atoms with Crippen molar-refractivity contribution in [3.05, 3.63) is 99.7 Å². The van der Waals surface area contributed by atoms with Gasteiger partial charge in [0.1, 0.15) is 46.7 Å². The quantitative estimate of drug-likeness (QED) is 0.204. The van der Waals surface area contributed by atoms with Gasteiger partial charge in [0.25, 0.3) is 5.91 Å². The summed E-state index contributed by atoms with van der Waals surface area (Å²) in [5, 5.41) is 18.9. The van der Waals surface area contributed by atoms with Gasteiger partial charge in [-0.1, -0.05) is 58.7 Å². The largest absolute Gasteiger partial charge is 0.418 e. The van der Waals surface area contributed by atoms with Crippen LogP contribution < -0.4 is 4.90 Å². The zero-order chi connectivity index (χ0) is 32.9. The van der Waals surface area contributed by atoms with Gasteiger partial charge in [0.2, 0.25) is 0 Å². The number of aliphatic hydroxyl groups is 1. The van der Waals surface area contributed by atoms with Gasteiger partial charge in [0.05, 0.1) is 24.1 Å². The van der Waals surface area contributed by atoms with Crippen molar-refractivity contribution in [2.45, 2.75) is 42.9 Å². The summed E-state index contributed by atoms with van der Waals surface area (Å²) in [5.41, 5.74) is -1.09.